The lowest BCUT2D eigenvalue weighted by atomic mass is 9.92. The van der Waals surface area contributed by atoms with E-state index in [9.17, 15) is 40.5 Å². The van der Waals surface area contributed by atoms with E-state index in [1.165, 1.54) is 25.7 Å². The standard InChI is InChI=1S/C25H46O11/c1-2-3-4-5-6-7-8-9-16(28)10-11-17-20(29)23(32)21(30)19(35-17)13-34-15-25(14-27)24(33)22(31)18(12-26)36-25/h17-24,26-27,29-33H,2-15H2,1H3/t17?,18-,19+,20-,21+,22+,23?,24?,25-/m0/s1. The van der Waals surface area contributed by atoms with Gasteiger partial charge in [0.2, 0.25) is 0 Å². The van der Waals surface area contributed by atoms with Crippen LogP contribution in [0.5, 0.6) is 0 Å². The van der Waals surface area contributed by atoms with E-state index >= 15 is 0 Å². The summed E-state index contributed by atoms with van der Waals surface area (Å²) >= 11 is 0. The van der Waals surface area contributed by atoms with Crippen molar-refractivity contribution in [3.05, 3.63) is 0 Å². The van der Waals surface area contributed by atoms with Gasteiger partial charge in [0.25, 0.3) is 0 Å². The first-order valence-electron chi connectivity index (χ1n) is 13.3. The Bertz CT molecular complexity index is 635. The number of Topliss-reactive ketones (excluding diaryl/α,β-unsaturated/α-hetero) is 1. The van der Waals surface area contributed by atoms with E-state index in [0.29, 0.717) is 6.42 Å². The number of ether oxygens (including phenoxy) is 3. The Balaban J connectivity index is 1.78. The van der Waals surface area contributed by atoms with E-state index in [2.05, 4.69) is 6.92 Å². The minimum absolute atomic E-state index is 0.0574. The van der Waals surface area contributed by atoms with E-state index in [0.717, 1.165) is 19.3 Å². The van der Waals surface area contributed by atoms with Crippen molar-refractivity contribution in [3.63, 3.8) is 0 Å². The summed E-state index contributed by atoms with van der Waals surface area (Å²) in [5.41, 5.74) is -1.67. The summed E-state index contributed by atoms with van der Waals surface area (Å²) in [5.74, 6) is 0.0574. The second-order valence-corrected chi connectivity index (χ2v) is 10.1. The molecule has 212 valence electrons. The average Bonchev–Trinajstić information content (AvgIpc) is 3.12. The molecule has 0 amide bonds. The van der Waals surface area contributed by atoms with Gasteiger partial charge in [0.1, 0.15) is 54.1 Å². The highest BCUT2D eigenvalue weighted by molar-refractivity contribution is 5.78. The lowest BCUT2D eigenvalue weighted by Gasteiger charge is -2.41. The van der Waals surface area contributed by atoms with E-state index < -0.39 is 67.6 Å². The number of rotatable bonds is 17. The molecule has 0 aromatic carbocycles. The van der Waals surface area contributed by atoms with Crippen molar-refractivity contribution in [1.29, 1.82) is 0 Å². The largest absolute Gasteiger partial charge is 0.394 e. The third-order valence-corrected chi connectivity index (χ3v) is 7.28. The third-order valence-electron chi connectivity index (χ3n) is 7.28. The monoisotopic (exact) mass is 522 g/mol. The van der Waals surface area contributed by atoms with E-state index in [4.69, 9.17) is 14.2 Å². The first kappa shape index (κ1) is 31.5. The predicted molar refractivity (Wildman–Crippen MR) is 128 cm³/mol. The van der Waals surface area contributed by atoms with E-state index in [1.54, 1.807) is 0 Å². The maximum Gasteiger partial charge on any atom is 0.143 e. The van der Waals surface area contributed by atoms with Gasteiger partial charge in [0.15, 0.2) is 0 Å². The molecule has 2 fully saturated rings. The summed E-state index contributed by atoms with van der Waals surface area (Å²) in [7, 11) is 0. The highest BCUT2D eigenvalue weighted by Gasteiger charge is 2.54. The zero-order chi connectivity index (χ0) is 26.7. The molecule has 2 aliphatic heterocycles. The summed E-state index contributed by atoms with van der Waals surface area (Å²) < 4.78 is 16.7. The van der Waals surface area contributed by atoms with Crippen LogP contribution in [0, 0.1) is 0 Å². The van der Waals surface area contributed by atoms with Gasteiger partial charge in [-0.15, -0.1) is 0 Å². The van der Waals surface area contributed by atoms with Gasteiger partial charge in [-0.1, -0.05) is 45.4 Å². The van der Waals surface area contributed by atoms with Crippen molar-refractivity contribution >= 4 is 5.78 Å². The Morgan fingerprint density at radius 3 is 2.06 bits per heavy atom. The normalized spacial score (nSPS) is 36.9. The number of hydrogen-bond acceptors (Lipinski definition) is 11. The molecule has 0 aromatic heterocycles. The molecule has 0 radical (unpaired) electrons. The SMILES string of the molecule is CCCCCCCCCC(=O)CCC1O[C@H](COC[C@]2(CO)O[C@@H](CO)[C@@H](O)C2O)[C@@H](O)C(O)[C@H]1O. The fraction of sp³-hybridized carbons (Fsp3) is 0.960. The summed E-state index contributed by atoms with van der Waals surface area (Å²) in [5, 5.41) is 70.2. The van der Waals surface area contributed by atoms with Gasteiger partial charge in [0.05, 0.1) is 32.5 Å². The third kappa shape index (κ3) is 8.39. The van der Waals surface area contributed by atoms with Crippen LogP contribution in [0.4, 0.5) is 0 Å². The molecule has 2 heterocycles. The maximum atomic E-state index is 12.3. The Morgan fingerprint density at radius 1 is 0.806 bits per heavy atom. The Hall–Kier alpha value is -0.730. The molecule has 2 aliphatic rings. The second kappa shape index (κ2) is 15.6. The Kier molecular flexibility index (Phi) is 13.7. The highest BCUT2D eigenvalue weighted by atomic mass is 16.6. The van der Waals surface area contributed by atoms with Crippen LogP contribution in [-0.2, 0) is 19.0 Å². The fourth-order valence-corrected chi connectivity index (χ4v) is 4.86. The van der Waals surface area contributed by atoms with Crippen molar-refractivity contribution in [2.75, 3.05) is 26.4 Å². The first-order valence-corrected chi connectivity index (χ1v) is 13.3. The Morgan fingerprint density at radius 2 is 1.44 bits per heavy atom. The van der Waals surface area contributed by atoms with E-state index in [-0.39, 0.29) is 31.8 Å². The van der Waals surface area contributed by atoms with Crippen LogP contribution in [0.1, 0.15) is 71.1 Å². The maximum absolute atomic E-state index is 12.3. The second-order valence-electron chi connectivity index (χ2n) is 10.1. The predicted octanol–water partition coefficient (Wildman–Crippen LogP) is -0.813. The minimum atomic E-state index is -1.67. The molecule has 0 aliphatic carbocycles. The molecule has 2 rings (SSSR count). The summed E-state index contributed by atoms with van der Waals surface area (Å²) in [4.78, 5) is 12.3. The molecule has 11 heteroatoms. The van der Waals surface area contributed by atoms with E-state index in [1.807, 2.05) is 0 Å². The lowest BCUT2D eigenvalue weighted by molar-refractivity contribution is -0.239. The molecular weight excluding hydrogens is 476 g/mol. The minimum Gasteiger partial charge on any atom is -0.394 e. The van der Waals surface area contributed by atoms with Crippen LogP contribution in [0.2, 0.25) is 0 Å². The lowest BCUT2D eigenvalue weighted by Crippen LogP contribution is -2.59. The van der Waals surface area contributed by atoms with Gasteiger partial charge < -0.3 is 50.0 Å². The van der Waals surface area contributed by atoms with Gasteiger partial charge in [-0.2, -0.15) is 0 Å². The van der Waals surface area contributed by atoms with Crippen molar-refractivity contribution in [3.8, 4) is 0 Å². The van der Waals surface area contributed by atoms with Gasteiger partial charge in [-0.25, -0.2) is 0 Å². The van der Waals surface area contributed by atoms with Crippen LogP contribution in [0.15, 0.2) is 0 Å². The number of aliphatic hydroxyl groups is 7. The average molecular weight is 523 g/mol. The number of ketones is 1. The zero-order valence-electron chi connectivity index (χ0n) is 21.3. The fourth-order valence-electron chi connectivity index (χ4n) is 4.86. The molecule has 7 N–H and O–H groups in total. The van der Waals surface area contributed by atoms with Gasteiger partial charge >= 0.3 is 0 Å². The molecule has 0 saturated carbocycles. The molecule has 36 heavy (non-hydrogen) atoms. The van der Waals surface area contributed by atoms with Crippen molar-refractivity contribution < 1.29 is 54.8 Å². The van der Waals surface area contributed by atoms with Crippen LogP contribution in [0.25, 0.3) is 0 Å². The smallest absolute Gasteiger partial charge is 0.143 e. The number of carbonyl (C=O) groups excluding carboxylic acids is 1. The zero-order valence-corrected chi connectivity index (χ0v) is 21.3. The Labute approximate surface area is 213 Å². The number of aliphatic hydroxyl groups excluding tert-OH is 7. The molecule has 11 nitrogen and oxygen atoms in total. The molecule has 0 bridgehead atoms. The summed E-state index contributed by atoms with van der Waals surface area (Å²) in [6.45, 7) is 0.258. The number of carbonyl (C=O) groups is 1. The molecule has 9 atom stereocenters. The van der Waals surface area contributed by atoms with Gasteiger partial charge in [-0.05, 0) is 12.8 Å². The highest BCUT2D eigenvalue weighted by Crippen LogP contribution is 2.32. The number of unbranched alkanes of at least 4 members (excludes halogenated alkanes) is 6. The van der Waals surface area contributed by atoms with Crippen molar-refractivity contribution in [2.24, 2.45) is 0 Å². The van der Waals surface area contributed by atoms with Gasteiger partial charge in [-0.3, -0.25) is 4.79 Å². The first-order chi connectivity index (χ1) is 17.2. The number of hydrogen-bond donors (Lipinski definition) is 7. The topological polar surface area (TPSA) is 186 Å². The molecule has 2 saturated heterocycles. The van der Waals surface area contributed by atoms with Crippen molar-refractivity contribution in [1.82, 2.24) is 0 Å². The van der Waals surface area contributed by atoms with Crippen LogP contribution in [-0.4, -0.2) is 122 Å². The van der Waals surface area contributed by atoms with Crippen molar-refractivity contribution in [2.45, 2.75) is 126 Å². The summed E-state index contributed by atoms with van der Waals surface area (Å²) in [6.07, 6.45) is -1.67. The van der Waals surface area contributed by atoms with Crippen LogP contribution in [0.3, 0.4) is 0 Å². The molecule has 0 aromatic rings. The van der Waals surface area contributed by atoms with Gasteiger partial charge in [0, 0.05) is 12.8 Å². The molecular formula is C25H46O11. The van der Waals surface area contributed by atoms with Crippen LogP contribution < -0.4 is 0 Å². The quantitative estimate of drug-likeness (QED) is 0.118. The molecule has 3 unspecified atom stereocenters. The summed E-state index contributed by atoms with van der Waals surface area (Å²) in [6, 6.07) is 0. The molecule has 0 spiro atoms. The van der Waals surface area contributed by atoms with Crippen LogP contribution >= 0.6 is 0 Å².